The zero-order valence-electron chi connectivity index (χ0n) is 4.28. The van der Waals surface area contributed by atoms with Crippen LogP contribution in [0.15, 0.2) is 12.2 Å². The van der Waals surface area contributed by atoms with Gasteiger partial charge in [0.2, 0.25) is 0 Å². The molecule has 0 spiro atoms. The lowest BCUT2D eigenvalue weighted by molar-refractivity contribution is 0.828. The molecule has 2 radical (unpaired) electrons. The highest BCUT2D eigenvalue weighted by Crippen LogP contribution is 1.95. The van der Waals surface area contributed by atoms with Crippen molar-refractivity contribution in [1.82, 2.24) is 5.32 Å². The minimum absolute atomic E-state index is 0.958. The van der Waals surface area contributed by atoms with Crippen molar-refractivity contribution in [1.29, 1.82) is 0 Å². The van der Waals surface area contributed by atoms with Gasteiger partial charge in [-0.3, -0.25) is 0 Å². The van der Waals surface area contributed by atoms with Crippen LogP contribution < -0.4 is 5.32 Å². The fourth-order valence-electron chi connectivity index (χ4n) is 0.576. The third-order valence-corrected chi connectivity index (χ3v) is 0.948. The summed E-state index contributed by atoms with van der Waals surface area (Å²) in [4.78, 5) is 0. The largest absolute Gasteiger partial charge is 0.304 e. The molecule has 0 aromatic carbocycles. The first-order chi connectivity index (χ1) is 3.50. The summed E-state index contributed by atoms with van der Waals surface area (Å²) in [5, 5.41) is 3.01. The smallest absolute Gasteiger partial charge is 0.0592 e. The highest BCUT2D eigenvalue weighted by Gasteiger charge is 1.88. The normalized spacial score (nSPS) is 21.7. The van der Waals surface area contributed by atoms with Gasteiger partial charge in [0, 0.05) is 6.54 Å². The molecule has 0 saturated heterocycles. The number of hydrogen-bond acceptors (Lipinski definition) is 1. The zero-order valence-corrected chi connectivity index (χ0v) is 4.28. The molecular formula is C6H9N. The molecule has 1 rings (SSSR count). The molecule has 0 unspecified atom stereocenters. The van der Waals surface area contributed by atoms with Gasteiger partial charge in [0.05, 0.1) is 6.54 Å². The Morgan fingerprint density at radius 2 is 2.43 bits per heavy atom. The Hall–Kier alpha value is -0.300. The monoisotopic (exact) mass is 95.1 g/mol. The number of nitrogens with one attached hydrogen (secondary N) is 1. The van der Waals surface area contributed by atoms with Gasteiger partial charge in [-0.05, 0) is 12.8 Å². The summed E-state index contributed by atoms with van der Waals surface area (Å²) in [6, 6.07) is 0. The average molecular weight is 95.1 g/mol. The van der Waals surface area contributed by atoms with Gasteiger partial charge in [-0.15, -0.1) is 0 Å². The van der Waals surface area contributed by atoms with Crippen molar-refractivity contribution in [2.24, 2.45) is 0 Å². The van der Waals surface area contributed by atoms with E-state index in [9.17, 15) is 0 Å². The first-order valence-electron chi connectivity index (χ1n) is 2.61. The predicted octanol–water partition coefficient (Wildman–Crippen LogP) is 0.965. The molecule has 0 atom stereocenters. The summed E-state index contributed by atoms with van der Waals surface area (Å²) in [6.07, 6.45) is 6.50. The van der Waals surface area contributed by atoms with Crippen molar-refractivity contribution < 1.29 is 0 Å². The van der Waals surface area contributed by atoms with Crippen molar-refractivity contribution in [3.63, 3.8) is 0 Å². The molecule has 0 aromatic rings. The van der Waals surface area contributed by atoms with Gasteiger partial charge >= 0.3 is 0 Å². The summed E-state index contributed by atoms with van der Waals surface area (Å²) in [5.41, 5.74) is 0. The van der Waals surface area contributed by atoms with E-state index in [0.29, 0.717) is 0 Å². The van der Waals surface area contributed by atoms with Gasteiger partial charge in [0.15, 0.2) is 0 Å². The van der Waals surface area contributed by atoms with Crippen molar-refractivity contribution in [2.75, 3.05) is 6.54 Å². The maximum atomic E-state index is 3.03. The molecule has 1 N–H and O–H groups in total. The maximum absolute atomic E-state index is 3.03. The minimum Gasteiger partial charge on any atom is -0.304 e. The lowest BCUT2D eigenvalue weighted by Crippen LogP contribution is -2.06. The molecule has 1 aliphatic rings. The third kappa shape index (κ3) is 1.74. The van der Waals surface area contributed by atoms with E-state index in [4.69, 9.17) is 0 Å². The van der Waals surface area contributed by atoms with Crippen molar-refractivity contribution in [3.05, 3.63) is 18.7 Å². The van der Waals surface area contributed by atoms with Crippen LogP contribution in [0.4, 0.5) is 0 Å². The van der Waals surface area contributed by atoms with E-state index in [2.05, 4.69) is 24.0 Å². The van der Waals surface area contributed by atoms with E-state index in [1.54, 1.807) is 0 Å². The Morgan fingerprint density at radius 3 is 3.43 bits per heavy atom. The Kier molecular flexibility index (Phi) is 1.94. The molecule has 1 heterocycles. The molecule has 0 amide bonds. The Morgan fingerprint density at radius 1 is 1.43 bits per heavy atom. The topological polar surface area (TPSA) is 12.0 Å². The third-order valence-electron chi connectivity index (χ3n) is 0.948. The molecule has 7 heavy (non-hydrogen) atoms. The van der Waals surface area contributed by atoms with Crippen molar-refractivity contribution in [3.8, 4) is 0 Å². The lowest BCUT2D eigenvalue weighted by atomic mass is 10.3. The molecule has 0 saturated carbocycles. The Bertz CT molecular complexity index is 58.6. The molecule has 0 bridgehead atoms. The van der Waals surface area contributed by atoms with E-state index >= 15 is 0 Å². The second-order valence-electron chi connectivity index (χ2n) is 1.57. The first kappa shape index (κ1) is 4.85. The van der Waals surface area contributed by atoms with Gasteiger partial charge < -0.3 is 5.32 Å². The number of hydrogen-bond donors (Lipinski definition) is 1. The van der Waals surface area contributed by atoms with E-state index in [-0.39, 0.29) is 0 Å². The predicted molar refractivity (Wildman–Crippen MR) is 29.6 cm³/mol. The summed E-state index contributed by atoms with van der Waals surface area (Å²) in [6.45, 7) is 3.99. The van der Waals surface area contributed by atoms with Crippen LogP contribution in [0.25, 0.3) is 0 Å². The van der Waals surface area contributed by atoms with Crippen LogP contribution in [0.2, 0.25) is 0 Å². The van der Waals surface area contributed by atoms with Crippen LogP contribution in [0.1, 0.15) is 12.8 Å². The number of rotatable bonds is 0. The van der Waals surface area contributed by atoms with E-state index in [0.717, 1.165) is 19.4 Å². The van der Waals surface area contributed by atoms with Crippen LogP contribution in [0.5, 0.6) is 0 Å². The standard InChI is InChI=1S/C6H9N/c1-2-4-6-7-5-3-1/h1,3,7H,2,4-5H2. The molecule has 38 valence electrons. The van der Waals surface area contributed by atoms with Crippen LogP contribution in [0.3, 0.4) is 0 Å². The quantitative estimate of drug-likeness (QED) is 0.442. The van der Waals surface area contributed by atoms with Crippen LogP contribution in [0, 0.1) is 6.54 Å². The second kappa shape index (κ2) is 2.80. The van der Waals surface area contributed by atoms with Gasteiger partial charge in [-0.2, -0.15) is 0 Å². The van der Waals surface area contributed by atoms with Crippen LogP contribution in [-0.2, 0) is 0 Å². The molecule has 1 aliphatic heterocycles. The lowest BCUT2D eigenvalue weighted by Gasteiger charge is -1.89. The Balaban J connectivity index is 2.20. The minimum atomic E-state index is 0.958. The van der Waals surface area contributed by atoms with Crippen LogP contribution in [-0.4, -0.2) is 6.54 Å². The van der Waals surface area contributed by atoms with Crippen LogP contribution >= 0.6 is 0 Å². The molecule has 0 aliphatic carbocycles. The van der Waals surface area contributed by atoms with Gasteiger partial charge in [-0.1, -0.05) is 12.2 Å². The van der Waals surface area contributed by atoms with Gasteiger partial charge in [-0.25, -0.2) is 0 Å². The maximum Gasteiger partial charge on any atom is 0.0592 e. The fraction of sp³-hybridized carbons (Fsp3) is 0.500. The molecule has 0 fully saturated rings. The number of allylic oxidation sites excluding steroid dienone is 1. The van der Waals surface area contributed by atoms with E-state index < -0.39 is 0 Å². The fourth-order valence-corrected chi connectivity index (χ4v) is 0.576. The van der Waals surface area contributed by atoms with Crippen molar-refractivity contribution >= 4 is 0 Å². The van der Waals surface area contributed by atoms with Gasteiger partial charge in [0.25, 0.3) is 0 Å². The highest BCUT2D eigenvalue weighted by atomic mass is 14.8. The van der Waals surface area contributed by atoms with Crippen molar-refractivity contribution in [2.45, 2.75) is 12.8 Å². The van der Waals surface area contributed by atoms with Gasteiger partial charge in [0.1, 0.15) is 0 Å². The summed E-state index contributed by atoms with van der Waals surface area (Å²) >= 11 is 0. The first-order valence-corrected chi connectivity index (χ1v) is 2.61. The molecule has 1 heteroatoms. The zero-order chi connectivity index (χ0) is 4.95. The summed E-state index contributed by atoms with van der Waals surface area (Å²) < 4.78 is 0. The highest BCUT2D eigenvalue weighted by molar-refractivity contribution is 4.89. The molecule has 1 nitrogen and oxygen atoms in total. The molecule has 0 aromatic heterocycles. The second-order valence-corrected chi connectivity index (χ2v) is 1.57. The summed E-state index contributed by atoms with van der Waals surface area (Å²) in [5.74, 6) is 0. The average Bonchev–Trinajstić information content (AvgIpc) is 1.90. The van der Waals surface area contributed by atoms with E-state index in [1.165, 1.54) is 0 Å². The molecular weight excluding hydrogens is 86.1 g/mol. The Labute approximate surface area is 44.4 Å². The SMILES string of the molecule is [C]1CCC=CCN1. The van der Waals surface area contributed by atoms with E-state index in [1.807, 2.05) is 0 Å². The summed E-state index contributed by atoms with van der Waals surface area (Å²) in [7, 11) is 0.